The summed E-state index contributed by atoms with van der Waals surface area (Å²) in [7, 11) is 0. The smallest absolute Gasteiger partial charge is 0.530 e. The maximum atomic E-state index is 8.96. The van der Waals surface area contributed by atoms with Crippen LogP contribution in [-0.4, -0.2) is 74.4 Å². The van der Waals surface area contributed by atoms with E-state index in [1.165, 1.54) is 0 Å². The van der Waals surface area contributed by atoms with Crippen LogP contribution in [-0.2, 0) is 0 Å². The summed E-state index contributed by atoms with van der Waals surface area (Å²) in [5.41, 5.74) is 3.92. The van der Waals surface area contributed by atoms with Crippen molar-refractivity contribution in [3.8, 4) is 0 Å². The van der Waals surface area contributed by atoms with E-state index in [1.807, 2.05) is 0 Å². The molecule has 0 saturated heterocycles. The van der Waals surface area contributed by atoms with Crippen LogP contribution in [0.15, 0.2) is 0 Å². The predicted molar refractivity (Wildman–Crippen MR) is 47.8 cm³/mol. The van der Waals surface area contributed by atoms with E-state index >= 15 is 0 Å². The van der Waals surface area contributed by atoms with Crippen LogP contribution in [0.1, 0.15) is 0 Å². The van der Waals surface area contributed by atoms with E-state index in [1.54, 1.807) is 0 Å². The van der Waals surface area contributed by atoms with Crippen molar-refractivity contribution in [1.29, 1.82) is 0 Å². The van der Waals surface area contributed by atoms with Crippen molar-refractivity contribution in [3.05, 3.63) is 0 Å². The van der Waals surface area contributed by atoms with Gasteiger partial charge in [-0.05, 0) is 0 Å². The van der Waals surface area contributed by atoms with Gasteiger partial charge in [-0.2, -0.15) is 0 Å². The molecule has 0 rings (SSSR count). The van der Waals surface area contributed by atoms with E-state index in [0.29, 0.717) is 0 Å². The maximum absolute atomic E-state index is 8.96. The standard InChI is InChI=1S/C6H14O6.CH3NO2.Na/c7-1-3(9)5(11)6(12)4(10)2-8;2-1(3)4;/h3-12H,1-2H2;2H2,(H,3,4);/q;;+1/p-1/t3-,4-,5-,6-;;/m1../s1. The summed E-state index contributed by atoms with van der Waals surface area (Å²) in [6.07, 6.45) is -7.98. The van der Waals surface area contributed by atoms with Crippen molar-refractivity contribution >= 4 is 6.09 Å². The third-order valence-electron chi connectivity index (χ3n) is 1.51. The van der Waals surface area contributed by atoms with Crippen LogP contribution in [0, 0.1) is 0 Å². The molecule has 98 valence electrons. The Labute approximate surface area is 119 Å². The van der Waals surface area contributed by atoms with Gasteiger partial charge in [0.25, 0.3) is 0 Å². The molecule has 0 unspecified atom stereocenters. The zero-order valence-corrected chi connectivity index (χ0v) is 11.3. The number of rotatable bonds is 5. The fourth-order valence-corrected chi connectivity index (χ4v) is 0.671. The van der Waals surface area contributed by atoms with Crippen LogP contribution in [0.3, 0.4) is 0 Å². The molecular weight excluding hydrogens is 249 g/mol. The van der Waals surface area contributed by atoms with Crippen LogP contribution in [0.25, 0.3) is 0 Å². The zero-order chi connectivity index (χ0) is 13.3. The number of carbonyl (C=O) groups is 1. The Balaban J connectivity index is -0.000000340. The van der Waals surface area contributed by atoms with Crippen LogP contribution in [0.5, 0.6) is 0 Å². The van der Waals surface area contributed by atoms with Crippen molar-refractivity contribution in [1.82, 2.24) is 0 Å². The Kier molecular flexibility index (Phi) is 16.3. The molecular formula is C7H16NNaO8. The summed E-state index contributed by atoms with van der Waals surface area (Å²) in [6, 6.07) is 0. The van der Waals surface area contributed by atoms with Crippen molar-refractivity contribution < 1.29 is 70.1 Å². The first kappa shape index (κ1) is 22.2. The van der Waals surface area contributed by atoms with Gasteiger partial charge in [-0.1, -0.05) is 0 Å². The number of aliphatic hydroxyl groups excluding tert-OH is 6. The van der Waals surface area contributed by atoms with Gasteiger partial charge in [0.15, 0.2) is 0 Å². The molecule has 0 bridgehead atoms. The number of hydrogen-bond acceptors (Lipinski definition) is 8. The quantitative estimate of drug-likeness (QED) is 0.238. The number of primary amides is 1. The monoisotopic (exact) mass is 265 g/mol. The molecule has 10 heteroatoms. The van der Waals surface area contributed by atoms with E-state index in [0.717, 1.165) is 0 Å². The van der Waals surface area contributed by atoms with E-state index in [9.17, 15) is 0 Å². The van der Waals surface area contributed by atoms with Crippen molar-refractivity contribution in [2.45, 2.75) is 24.4 Å². The van der Waals surface area contributed by atoms with Crippen LogP contribution >= 0.6 is 0 Å². The Hall–Kier alpha value is 0.0300. The molecule has 0 aliphatic rings. The SMILES string of the molecule is NC(=O)[O-].OC[C@@H](O)[C@@H](O)[C@H](O)[C@H](O)CO.[Na+]. The molecule has 0 aromatic carbocycles. The molecule has 8 N–H and O–H groups in total. The minimum atomic E-state index is -1.67. The van der Waals surface area contributed by atoms with Gasteiger partial charge in [0.05, 0.1) is 13.2 Å². The van der Waals surface area contributed by atoms with E-state index < -0.39 is 43.7 Å². The molecule has 17 heavy (non-hydrogen) atoms. The number of amides is 1. The Morgan fingerprint density at radius 3 is 1.29 bits per heavy atom. The molecule has 0 saturated carbocycles. The summed E-state index contributed by atoms with van der Waals surface area (Å²) in [4.78, 5) is 8.67. The molecule has 0 aromatic rings. The van der Waals surface area contributed by atoms with E-state index in [4.69, 9.17) is 40.5 Å². The first-order valence-corrected chi connectivity index (χ1v) is 4.18. The summed E-state index contributed by atoms with van der Waals surface area (Å²) >= 11 is 0. The fraction of sp³-hybridized carbons (Fsp3) is 0.857. The molecule has 9 nitrogen and oxygen atoms in total. The van der Waals surface area contributed by atoms with Gasteiger partial charge in [0, 0.05) is 0 Å². The number of carbonyl (C=O) groups excluding carboxylic acids is 1. The Morgan fingerprint density at radius 1 is 1.00 bits per heavy atom. The summed E-state index contributed by atoms with van der Waals surface area (Å²) in [6.45, 7) is -1.45. The van der Waals surface area contributed by atoms with Gasteiger partial charge in [-0.25, -0.2) is 0 Å². The number of hydrogen-bond donors (Lipinski definition) is 7. The van der Waals surface area contributed by atoms with E-state index in [-0.39, 0.29) is 29.6 Å². The van der Waals surface area contributed by atoms with Crippen LogP contribution in [0.2, 0.25) is 0 Å². The van der Waals surface area contributed by atoms with Gasteiger partial charge in [0.2, 0.25) is 0 Å². The normalized spacial score (nSPS) is 16.6. The Bertz CT molecular complexity index is 177. The van der Waals surface area contributed by atoms with Gasteiger partial charge in [-0.15, -0.1) is 0 Å². The van der Waals surface area contributed by atoms with Gasteiger partial charge >= 0.3 is 29.6 Å². The minimum absolute atomic E-state index is 0. The third-order valence-corrected chi connectivity index (χ3v) is 1.51. The molecule has 0 aromatic heterocycles. The van der Waals surface area contributed by atoms with Crippen molar-refractivity contribution in [2.24, 2.45) is 5.73 Å². The summed E-state index contributed by atoms with van der Waals surface area (Å²) in [5, 5.41) is 60.8. The summed E-state index contributed by atoms with van der Waals surface area (Å²) < 4.78 is 0. The van der Waals surface area contributed by atoms with Gasteiger partial charge < -0.3 is 46.3 Å². The average molecular weight is 265 g/mol. The topological polar surface area (TPSA) is 188 Å². The molecule has 4 atom stereocenters. The zero-order valence-electron chi connectivity index (χ0n) is 9.30. The second-order valence-electron chi connectivity index (χ2n) is 2.80. The minimum Gasteiger partial charge on any atom is -0.530 e. The third kappa shape index (κ3) is 12.3. The maximum Gasteiger partial charge on any atom is 1.00 e. The van der Waals surface area contributed by atoms with Gasteiger partial charge in [-0.3, -0.25) is 0 Å². The molecule has 0 aliphatic carbocycles. The predicted octanol–water partition coefficient (Wildman–Crippen LogP) is -8.29. The second kappa shape index (κ2) is 12.5. The second-order valence-corrected chi connectivity index (χ2v) is 2.80. The van der Waals surface area contributed by atoms with E-state index in [2.05, 4.69) is 5.73 Å². The van der Waals surface area contributed by atoms with Crippen molar-refractivity contribution in [2.75, 3.05) is 13.2 Å². The number of carboxylic acid groups (broad SMARTS) is 1. The largest absolute Gasteiger partial charge is 1.00 e. The molecule has 0 fully saturated rings. The van der Waals surface area contributed by atoms with Gasteiger partial charge in [0.1, 0.15) is 30.5 Å². The number of aliphatic hydroxyl groups is 6. The first-order valence-electron chi connectivity index (χ1n) is 4.18. The van der Waals surface area contributed by atoms with Crippen molar-refractivity contribution in [3.63, 3.8) is 0 Å². The number of nitrogens with two attached hydrogens (primary N) is 1. The fourth-order valence-electron chi connectivity index (χ4n) is 0.671. The molecule has 1 amide bonds. The van der Waals surface area contributed by atoms with Crippen LogP contribution < -0.4 is 40.4 Å². The first-order chi connectivity index (χ1) is 7.27. The average Bonchev–Trinajstić information content (AvgIpc) is 2.24. The molecule has 0 heterocycles. The Morgan fingerprint density at radius 2 is 1.18 bits per heavy atom. The van der Waals surface area contributed by atoms with Crippen LogP contribution in [0.4, 0.5) is 4.79 Å². The summed E-state index contributed by atoms with van der Waals surface area (Å²) in [5.74, 6) is 0. The molecule has 0 spiro atoms. The molecule has 0 radical (unpaired) electrons. The molecule has 0 aliphatic heterocycles.